The van der Waals surface area contributed by atoms with Crippen LogP contribution in [0.2, 0.25) is 0 Å². The number of benzene rings is 1. The number of hydrogen-bond acceptors (Lipinski definition) is 4. The molecular weight excluding hydrogens is 355 g/mol. The van der Waals surface area contributed by atoms with Crippen LogP contribution >= 0.6 is 0 Å². The lowest BCUT2D eigenvalue weighted by molar-refractivity contribution is 0.0636. The van der Waals surface area contributed by atoms with Gasteiger partial charge in [0.25, 0.3) is 5.91 Å². The van der Waals surface area contributed by atoms with Crippen LogP contribution in [0.4, 0.5) is 15.8 Å². The zero-order chi connectivity index (χ0) is 19.7. The molecule has 1 aliphatic rings. The first-order valence-electron chi connectivity index (χ1n) is 9.63. The van der Waals surface area contributed by atoms with Crippen molar-refractivity contribution in [3.05, 3.63) is 59.7 Å². The van der Waals surface area contributed by atoms with Crippen LogP contribution in [0.15, 0.2) is 42.6 Å². The van der Waals surface area contributed by atoms with Gasteiger partial charge in [0.2, 0.25) is 0 Å². The normalized spacial score (nSPS) is 17.0. The average Bonchev–Trinajstić information content (AvgIpc) is 2.69. The number of piperidine rings is 1. The van der Waals surface area contributed by atoms with E-state index in [1.54, 1.807) is 18.3 Å². The highest BCUT2D eigenvalue weighted by Crippen LogP contribution is 2.31. The SMILES string of the molecule is Cc1ccc2c(Nc3ccc(F)cc3)c(C(=O)N3CCCCC3C)cnc2n1. The number of nitrogens with zero attached hydrogens (tertiary/aromatic N) is 3. The molecular formula is C22H23FN4O. The Hall–Kier alpha value is -3.02. The van der Waals surface area contributed by atoms with E-state index in [2.05, 4.69) is 22.2 Å². The van der Waals surface area contributed by atoms with E-state index < -0.39 is 0 Å². The molecule has 0 bridgehead atoms. The van der Waals surface area contributed by atoms with Crippen LogP contribution in [0.3, 0.4) is 0 Å². The summed E-state index contributed by atoms with van der Waals surface area (Å²) in [4.78, 5) is 24.2. The van der Waals surface area contributed by atoms with E-state index in [1.807, 2.05) is 24.0 Å². The van der Waals surface area contributed by atoms with Gasteiger partial charge in [-0.05, 0) is 69.5 Å². The van der Waals surface area contributed by atoms with Crippen molar-refractivity contribution in [3.63, 3.8) is 0 Å². The van der Waals surface area contributed by atoms with Gasteiger partial charge in [-0.3, -0.25) is 4.79 Å². The lowest BCUT2D eigenvalue weighted by Gasteiger charge is -2.34. The van der Waals surface area contributed by atoms with E-state index in [4.69, 9.17) is 0 Å². The second-order valence-corrected chi connectivity index (χ2v) is 7.35. The largest absolute Gasteiger partial charge is 0.354 e. The summed E-state index contributed by atoms with van der Waals surface area (Å²) in [5.41, 5.74) is 3.31. The molecule has 28 heavy (non-hydrogen) atoms. The minimum Gasteiger partial charge on any atom is -0.354 e. The van der Waals surface area contributed by atoms with Gasteiger partial charge in [-0.1, -0.05) is 0 Å². The zero-order valence-corrected chi connectivity index (χ0v) is 16.1. The molecule has 0 radical (unpaired) electrons. The number of carbonyl (C=O) groups is 1. The molecule has 3 aromatic rings. The van der Waals surface area contributed by atoms with Crippen molar-refractivity contribution in [2.75, 3.05) is 11.9 Å². The molecule has 1 fully saturated rings. The Morgan fingerprint density at radius 1 is 1.18 bits per heavy atom. The van der Waals surface area contributed by atoms with Crippen LogP contribution in [-0.4, -0.2) is 33.4 Å². The summed E-state index contributed by atoms with van der Waals surface area (Å²) < 4.78 is 13.3. The second-order valence-electron chi connectivity index (χ2n) is 7.35. The number of aromatic nitrogens is 2. The molecule has 5 nitrogen and oxygen atoms in total. The third-order valence-corrected chi connectivity index (χ3v) is 5.28. The number of hydrogen-bond donors (Lipinski definition) is 1. The molecule has 1 saturated heterocycles. The number of aryl methyl sites for hydroxylation is 1. The van der Waals surface area contributed by atoms with Gasteiger partial charge in [-0.2, -0.15) is 0 Å². The molecule has 0 spiro atoms. The van der Waals surface area contributed by atoms with Crippen molar-refractivity contribution in [1.29, 1.82) is 0 Å². The van der Waals surface area contributed by atoms with Crippen LogP contribution in [-0.2, 0) is 0 Å². The summed E-state index contributed by atoms with van der Waals surface area (Å²) in [6.45, 7) is 4.74. The highest BCUT2D eigenvalue weighted by atomic mass is 19.1. The van der Waals surface area contributed by atoms with Gasteiger partial charge in [-0.15, -0.1) is 0 Å². The van der Waals surface area contributed by atoms with Gasteiger partial charge in [0, 0.05) is 35.6 Å². The van der Waals surface area contributed by atoms with E-state index in [9.17, 15) is 9.18 Å². The molecule has 1 aromatic carbocycles. The summed E-state index contributed by atoms with van der Waals surface area (Å²) in [5.74, 6) is -0.340. The Labute approximate surface area is 163 Å². The molecule has 6 heteroatoms. The Kier molecular flexibility index (Phi) is 4.94. The summed E-state index contributed by atoms with van der Waals surface area (Å²) in [6, 6.07) is 10.1. The van der Waals surface area contributed by atoms with Gasteiger partial charge in [0.15, 0.2) is 5.65 Å². The Balaban J connectivity index is 1.81. The van der Waals surface area contributed by atoms with Crippen LogP contribution < -0.4 is 5.32 Å². The highest BCUT2D eigenvalue weighted by molar-refractivity contribution is 6.07. The minimum atomic E-state index is -0.305. The highest BCUT2D eigenvalue weighted by Gasteiger charge is 2.27. The fourth-order valence-corrected chi connectivity index (χ4v) is 3.70. The number of pyridine rings is 2. The number of fused-ring (bicyclic) bond motifs is 1. The van der Waals surface area contributed by atoms with Crippen LogP contribution in [0.5, 0.6) is 0 Å². The Morgan fingerprint density at radius 2 is 1.96 bits per heavy atom. The molecule has 1 N–H and O–H groups in total. The lowest BCUT2D eigenvalue weighted by Crippen LogP contribution is -2.42. The standard InChI is InChI=1S/C22H23FN4O/c1-14-6-11-18-20(26-17-9-7-16(23)8-10-17)19(13-24-21(18)25-14)22(28)27-12-4-3-5-15(27)2/h6-11,13,15H,3-5,12H2,1-2H3,(H,24,25,26). The molecule has 1 unspecified atom stereocenters. The molecule has 1 atom stereocenters. The molecule has 144 valence electrons. The molecule has 0 aliphatic carbocycles. The number of carbonyl (C=O) groups excluding carboxylic acids is 1. The molecule has 1 amide bonds. The van der Waals surface area contributed by atoms with Crippen molar-refractivity contribution in [2.24, 2.45) is 0 Å². The van der Waals surface area contributed by atoms with E-state index in [-0.39, 0.29) is 17.8 Å². The number of nitrogens with one attached hydrogen (secondary N) is 1. The molecule has 2 aromatic heterocycles. The number of rotatable bonds is 3. The summed E-state index contributed by atoms with van der Waals surface area (Å²) in [5, 5.41) is 4.07. The number of amides is 1. The van der Waals surface area contributed by atoms with Crippen LogP contribution in [0, 0.1) is 12.7 Å². The van der Waals surface area contributed by atoms with Crippen molar-refractivity contribution in [1.82, 2.24) is 14.9 Å². The zero-order valence-electron chi connectivity index (χ0n) is 16.1. The van der Waals surface area contributed by atoms with Gasteiger partial charge < -0.3 is 10.2 Å². The summed E-state index contributed by atoms with van der Waals surface area (Å²) in [6.07, 6.45) is 4.77. The maximum atomic E-state index is 13.4. The topological polar surface area (TPSA) is 58.1 Å². The van der Waals surface area contributed by atoms with E-state index >= 15 is 0 Å². The van der Waals surface area contributed by atoms with Crippen molar-refractivity contribution < 1.29 is 9.18 Å². The predicted octanol–water partition coefficient (Wildman–Crippen LogP) is 4.84. The van der Waals surface area contributed by atoms with Crippen molar-refractivity contribution in [3.8, 4) is 0 Å². The predicted molar refractivity (Wildman–Crippen MR) is 108 cm³/mol. The molecule has 1 aliphatic heterocycles. The van der Waals surface area contributed by atoms with Crippen molar-refractivity contribution in [2.45, 2.75) is 39.2 Å². The monoisotopic (exact) mass is 378 g/mol. The first-order valence-corrected chi connectivity index (χ1v) is 9.63. The smallest absolute Gasteiger partial charge is 0.257 e. The number of halogens is 1. The van der Waals surface area contributed by atoms with Gasteiger partial charge in [-0.25, -0.2) is 14.4 Å². The third kappa shape index (κ3) is 3.54. The van der Waals surface area contributed by atoms with E-state index in [0.29, 0.717) is 22.6 Å². The fraction of sp³-hybridized carbons (Fsp3) is 0.318. The lowest BCUT2D eigenvalue weighted by atomic mass is 10.0. The Morgan fingerprint density at radius 3 is 2.71 bits per heavy atom. The Bertz CT molecular complexity index is 1020. The van der Waals surface area contributed by atoms with Gasteiger partial charge >= 0.3 is 0 Å². The molecule has 4 rings (SSSR count). The maximum absolute atomic E-state index is 13.4. The first-order chi connectivity index (χ1) is 13.5. The summed E-state index contributed by atoms with van der Waals surface area (Å²) in [7, 11) is 0. The molecule has 0 saturated carbocycles. The quantitative estimate of drug-likeness (QED) is 0.709. The molecule has 3 heterocycles. The fourth-order valence-electron chi connectivity index (χ4n) is 3.70. The number of anilines is 2. The minimum absolute atomic E-state index is 0.0354. The average molecular weight is 378 g/mol. The van der Waals surface area contributed by atoms with Crippen LogP contribution in [0.1, 0.15) is 42.2 Å². The summed E-state index contributed by atoms with van der Waals surface area (Å²) >= 11 is 0. The van der Waals surface area contributed by atoms with E-state index in [0.717, 1.165) is 36.9 Å². The van der Waals surface area contributed by atoms with Gasteiger partial charge in [0.05, 0.1) is 11.3 Å². The maximum Gasteiger partial charge on any atom is 0.257 e. The first kappa shape index (κ1) is 18.3. The number of likely N-dealkylation sites (tertiary alicyclic amines) is 1. The van der Waals surface area contributed by atoms with Gasteiger partial charge in [0.1, 0.15) is 5.82 Å². The van der Waals surface area contributed by atoms with Crippen molar-refractivity contribution >= 4 is 28.3 Å². The van der Waals surface area contributed by atoms with E-state index in [1.165, 1.54) is 12.1 Å². The third-order valence-electron chi connectivity index (χ3n) is 5.28. The second kappa shape index (κ2) is 7.54. The van der Waals surface area contributed by atoms with Crippen LogP contribution in [0.25, 0.3) is 11.0 Å².